The number of rotatable bonds is 56. The quantitative estimate of drug-likeness (QED) is 0.0146. The summed E-state index contributed by atoms with van der Waals surface area (Å²) in [5.74, 6) is -1.67. The van der Waals surface area contributed by atoms with Crippen LogP contribution in [0.4, 0.5) is 0 Å². The third-order valence-electron chi connectivity index (χ3n) is 12.1. The lowest BCUT2D eigenvalue weighted by Gasteiger charge is -2.21. The van der Waals surface area contributed by atoms with Crippen LogP contribution in [0.1, 0.15) is 226 Å². The summed E-state index contributed by atoms with van der Waals surface area (Å²) in [7, 11) is -9.77. The highest BCUT2D eigenvalue weighted by molar-refractivity contribution is 7.47. The third-order valence-corrected chi connectivity index (χ3v) is 14.0. The topological polar surface area (TPSA) is 231 Å². The molecule has 5 unspecified atom stereocenters. The minimum atomic E-state index is -4.92. The average molecular weight is 1160 g/mol. The van der Waals surface area contributed by atoms with Crippen LogP contribution in [0.15, 0.2) is 85.1 Å². The van der Waals surface area contributed by atoms with Crippen LogP contribution in [0.2, 0.25) is 0 Å². The molecule has 0 aromatic rings. The van der Waals surface area contributed by atoms with Crippen LogP contribution in [0.3, 0.4) is 0 Å². The molecular formula is C61H106O16P2. The number of aliphatic hydroxyl groups is 2. The van der Waals surface area contributed by atoms with Crippen LogP contribution < -0.4 is 0 Å². The van der Waals surface area contributed by atoms with Crippen LogP contribution >= 0.6 is 15.6 Å². The van der Waals surface area contributed by atoms with Crippen LogP contribution in [0, 0.1) is 0 Å². The predicted molar refractivity (Wildman–Crippen MR) is 316 cm³/mol. The summed E-state index contributed by atoms with van der Waals surface area (Å²) >= 11 is 0. The molecule has 0 aliphatic rings. The number of hydrogen-bond acceptors (Lipinski definition) is 14. The number of allylic oxidation sites excluding steroid dienone is 14. The molecule has 0 bridgehead atoms. The van der Waals surface area contributed by atoms with Gasteiger partial charge in [0, 0.05) is 19.3 Å². The van der Waals surface area contributed by atoms with Gasteiger partial charge in [-0.25, -0.2) is 9.13 Å². The number of phosphoric acid groups is 2. The molecule has 0 saturated carbocycles. The maximum absolute atomic E-state index is 12.8. The van der Waals surface area contributed by atoms with Gasteiger partial charge in [0.25, 0.3) is 0 Å². The number of aliphatic hydroxyl groups excluding tert-OH is 2. The Morgan fingerprint density at radius 3 is 1.15 bits per heavy atom. The van der Waals surface area contributed by atoms with E-state index in [1.54, 1.807) is 0 Å². The second-order valence-corrected chi connectivity index (χ2v) is 22.7. The molecule has 0 aromatic carbocycles. The first-order valence-electron chi connectivity index (χ1n) is 29.9. The van der Waals surface area contributed by atoms with Crippen molar-refractivity contribution in [2.24, 2.45) is 0 Å². The molecule has 456 valence electrons. The van der Waals surface area contributed by atoms with E-state index in [4.69, 9.17) is 32.3 Å². The molecule has 0 heterocycles. The molecule has 16 nitrogen and oxygen atoms in total. The highest BCUT2D eigenvalue weighted by Crippen LogP contribution is 2.45. The second-order valence-electron chi connectivity index (χ2n) is 19.8. The van der Waals surface area contributed by atoms with E-state index in [2.05, 4.69) is 87.6 Å². The van der Waals surface area contributed by atoms with Crippen LogP contribution in [-0.4, -0.2) is 95.9 Å². The van der Waals surface area contributed by atoms with Gasteiger partial charge < -0.3 is 34.2 Å². The van der Waals surface area contributed by atoms with Gasteiger partial charge in [-0.05, 0) is 83.5 Å². The fraction of sp³-hybridized carbons (Fsp3) is 0.721. The number of carbonyl (C=O) groups is 3. The normalized spacial score (nSPS) is 15.1. The summed E-state index contributed by atoms with van der Waals surface area (Å²) < 4.78 is 60.5. The number of unbranched alkanes of at least 4 members (excludes halogenated alkanes) is 19. The molecule has 0 spiro atoms. The van der Waals surface area contributed by atoms with Crippen molar-refractivity contribution in [3.8, 4) is 0 Å². The lowest BCUT2D eigenvalue weighted by molar-refractivity contribution is -0.161. The molecule has 18 heteroatoms. The van der Waals surface area contributed by atoms with Gasteiger partial charge in [0.1, 0.15) is 25.4 Å². The van der Waals surface area contributed by atoms with Crippen molar-refractivity contribution >= 4 is 33.6 Å². The minimum absolute atomic E-state index is 0.0600. The van der Waals surface area contributed by atoms with Crippen molar-refractivity contribution in [2.45, 2.75) is 245 Å². The van der Waals surface area contributed by atoms with E-state index < -0.39 is 91.5 Å². The summed E-state index contributed by atoms with van der Waals surface area (Å²) in [5.41, 5.74) is 0. The average Bonchev–Trinajstić information content (AvgIpc) is 3.42. The molecule has 0 aromatic heterocycles. The van der Waals surface area contributed by atoms with Crippen molar-refractivity contribution in [3.05, 3.63) is 85.1 Å². The SMILES string of the molecule is CC/C=C\C/C=C\C/C=C\C/C=C\C/C=C\C/C=C\CCC(=O)OCC(O)COP(=O)(O)OCC(O)COP(=O)(O)OCC(COC(=O)CCCCCCC/C=C\CCCCCC)OC(=O)CCCCCCCCCCCCC. The van der Waals surface area contributed by atoms with E-state index in [1.807, 2.05) is 18.2 Å². The van der Waals surface area contributed by atoms with Crippen LogP contribution in [0.5, 0.6) is 0 Å². The van der Waals surface area contributed by atoms with Crippen LogP contribution in [0.25, 0.3) is 0 Å². The van der Waals surface area contributed by atoms with Gasteiger partial charge in [-0.1, -0.05) is 209 Å². The number of ether oxygens (including phenoxy) is 3. The Balaban J connectivity index is 4.67. The van der Waals surface area contributed by atoms with Gasteiger partial charge in [0.2, 0.25) is 0 Å². The summed E-state index contributed by atoms with van der Waals surface area (Å²) in [6.07, 6.45) is 55.3. The zero-order valence-corrected chi connectivity index (χ0v) is 50.6. The molecule has 4 N–H and O–H groups in total. The van der Waals surface area contributed by atoms with Crippen LogP contribution in [-0.2, 0) is 55.8 Å². The van der Waals surface area contributed by atoms with Gasteiger partial charge in [-0.2, -0.15) is 0 Å². The van der Waals surface area contributed by atoms with Crippen molar-refractivity contribution < 1.29 is 75.8 Å². The minimum Gasteiger partial charge on any atom is -0.463 e. The van der Waals surface area contributed by atoms with E-state index in [0.717, 1.165) is 96.3 Å². The molecule has 79 heavy (non-hydrogen) atoms. The van der Waals surface area contributed by atoms with E-state index in [1.165, 1.54) is 64.2 Å². The molecule has 0 saturated heterocycles. The first kappa shape index (κ1) is 75.7. The highest BCUT2D eigenvalue weighted by Gasteiger charge is 2.29. The van der Waals surface area contributed by atoms with Crippen molar-refractivity contribution in [1.29, 1.82) is 0 Å². The standard InChI is InChI=1S/C61H106O16P2/c1-4-7-10-13-16-19-22-24-25-26-27-28-29-31-34-35-38-41-44-47-59(64)71-50-56(62)51-73-78(67,68)74-52-57(63)53-75-79(69,70)76-55-58(77-61(66)49-46-43-40-37-32-21-18-15-12-9-6-3)54-72-60(65)48-45-42-39-36-33-30-23-20-17-14-11-8-5-2/h7,10,16,19-20,23-25,27-28,31,34,38,41,56-58,62-63H,4-6,8-9,11-15,17-18,21-22,26,29-30,32-33,35-37,39-40,42-55H2,1-3H3,(H,67,68)(H,69,70)/b10-7-,19-16-,23-20-,25-24-,28-27-,34-31-,41-38-. The Morgan fingerprint density at radius 1 is 0.367 bits per heavy atom. The number of esters is 3. The molecule has 0 amide bonds. The van der Waals surface area contributed by atoms with Gasteiger partial charge in [0.05, 0.1) is 26.4 Å². The molecule has 0 aliphatic carbocycles. The molecular weight excluding hydrogens is 1050 g/mol. The second kappa shape index (κ2) is 55.3. The summed E-state index contributed by atoms with van der Waals surface area (Å²) in [6, 6.07) is 0. The molecule has 0 rings (SSSR count). The number of carbonyl (C=O) groups excluding carboxylic acids is 3. The zero-order chi connectivity index (χ0) is 58.2. The molecule has 5 atom stereocenters. The first-order chi connectivity index (χ1) is 38.2. The molecule has 0 fully saturated rings. The lowest BCUT2D eigenvalue weighted by atomic mass is 10.1. The van der Waals surface area contributed by atoms with Crippen molar-refractivity contribution in [3.63, 3.8) is 0 Å². The van der Waals surface area contributed by atoms with Gasteiger partial charge >= 0.3 is 33.6 Å². The number of hydrogen-bond donors (Lipinski definition) is 4. The summed E-state index contributed by atoms with van der Waals surface area (Å²) in [5, 5.41) is 20.4. The van der Waals surface area contributed by atoms with E-state index >= 15 is 0 Å². The Hall–Kier alpha value is -3.27. The Kier molecular flexibility index (Phi) is 53.0. The largest absolute Gasteiger partial charge is 0.472 e. The number of phosphoric ester groups is 2. The summed E-state index contributed by atoms with van der Waals surface area (Å²) in [4.78, 5) is 57.9. The maximum atomic E-state index is 12.8. The summed E-state index contributed by atoms with van der Waals surface area (Å²) in [6.45, 7) is 2.40. The van der Waals surface area contributed by atoms with E-state index in [0.29, 0.717) is 25.7 Å². The monoisotopic (exact) mass is 1160 g/mol. The third kappa shape index (κ3) is 56.4. The Bertz CT molecular complexity index is 1790. The molecule has 0 aliphatic heterocycles. The van der Waals surface area contributed by atoms with Crippen molar-refractivity contribution in [2.75, 3.05) is 39.6 Å². The van der Waals surface area contributed by atoms with E-state index in [9.17, 15) is 43.5 Å². The van der Waals surface area contributed by atoms with Gasteiger partial charge in [-0.15, -0.1) is 0 Å². The van der Waals surface area contributed by atoms with Crippen molar-refractivity contribution in [1.82, 2.24) is 0 Å². The lowest BCUT2D eigenvalue weighted by Crippen LogP contribution is -2.30. The fourth-order valence-electron chi connectivity index (χ4n) is 7.53. The Morgan fingerprint density at radius 2 is 0.696 bits per heavy atom. The fourth-order valence-corrected chi connectivity index (χ4v) is 9.12. The predicted octanol–water partition coefficient (Wildman–Crippen LogP) is 15.4. The zero-order valence-electron chi connectivity index (χ0n) is 48.8. The van der Waals surface area contributed by atoms with E-state index in [-0.39, 0.29) is 19.3 Å². The maximum Gasteiger partial charge on any atom is 0.472 e. The van der Waals surface area contributed by atoms with Gasteiger partial charge in [0.15, 0.2) is 6.10 Å². The smallest absolute Gasteiger partial charge is 0.463 e. The molecule has 0 radical (unpaired) electrons. The first-order valence-corrected chi connectivity index (χ1v) is 32.9. The highest BCUT2D eigenvalue weighted by atomic mass is 31.2. The Labute approximate surface area is 476 Å². The van der Waals surface area contributed by atoms with Gasteiger partial charge in [-0.3, -0.25) is 32.5 Å².